The van der Waals surface area contributed by atoms with Crippen molar-refractivity contribution in [2.75, 3.05) is 20.1 Å². The predicted octanol–water partition coefficient (Wildman–Crippen LogP) is 3.40. The smallest absolute Gasteiger partial charge is 0.306 e. The van der Waals surface area contributed by atoms with E-state index in [-0.39, 0.29) is 11.5 Å². The molecule has 3 rings (SSSR count). The maximum Gasteiger partial charge on any atom is 0.328 e. The topological polar surface area (TPSA) is 47.2 Å². The zero-order valence-corrected chi connectivity index (χ0v) is 17.0. The summed E-state index contributed by atoms with van der Waals surface area (Å²) in [7, 11) is 5.62. The Balaban J connectivity index is 1.46. The molecule has 0 unspecified atom stereocenters. The third-order valence-corrected chi connectivity index (χ3v) is 5.41. The minimum absolute atomic E-state index is 0.0712. The molecule has 5 nitrogen and oxygen atoms in total. The number of carbonyl (C=O) groups is 1. The first-order valence-corrected chi connectivity index (χ1v) is 9.88. The van der Waals surface area contributed by atoms with E-state index in [0.717, 1.165) is 43.4 Å². The minimum atomic E-state index is -0.0712. The summed E-state index contributed by atoms with van der Waals surface area (Å²) >= 11 is 0. The zero-order valence-electron chi connectivity index (χ0n) is 17.0. The van der Waals surface area contributed by atoms with Gasteiger partial charge in [0, 0.05) is 32.6 Å². The lowest BCUT2D eigenvalue weighted by atomic mass is 10.0. The molecule has 0 bridgehead atoms. The normalized spacial score (nSPS) is 11.4. The van der Waals surface area contributed by atoms with Crippen LogP contribution in [0.3, 0.4) is 0 Å². The Kier molecular flexibility index (Phi) is 6.47. The molecule has 5 heteroatoms. The van der Waals surface area contributed by atoms with E-state index in [1.54, 1.807) is 23.2 Å². The molecule has 0 aliphatic heterocycles. The second-order valence-corrected chi connectivity index (χ2v) is 7.52. The molecule has 148 valence electrons. The van der Waals surface area contributed by atoms with Crippen LogP contribution in [0.1, 0.15) is 35.2 Å². The van der Waals surface area contributed by atoms with Crippen molar-refractivity contribution in [3.05, 3.63) is 70.1 Å². The summed E-state index contributed by atoms with van der Waals surface area (Å²) in [5.74, 6) is 0.144. The fraction of sp³-hybridized carbons (Fsp3) is 0.391. The van der Waals surface area contributed by atoms with Gasteiger partial charge in [0.05, 0.1) is 11.0 Å². The SMILES string of the molecule is CN(CCCCC(=O)c1ccc2c(c1)n(C)c(=O)n2C)CCc1ccccc1. The summed E-state index contributed by atoms with van der Waals surface area (Å²) in [4.78, 5) is 26.9. The number of unbranched alkanes of at least 4 members (excludes halogenated alkanes) is 1. The van der Waals surface area contributed by atoms with Crippen molar-refractivity contribution in [2.45, 2.75) is 25.7 Å². The number of fused-ring (bicyclic) bond motifs is 1. The van der Waals surface area contributed by atoms with Gasteiger partial charge in [-0.3, -0.25) is 13.9 Å². The highest BCUT2D eigenvalue weighted by atomic mass is 16.1. The molecule has 0 aliphatic rings. The summed E-state index contributed by atoms with van der Waals surface area (Å²) in [6.45, 7) is 2.02. The fourth-order valence-electron chi connectivity index (χ4n) is 3.57. The van der Waals surface area contributed by atoms with Gasteiger partial charge < -0.3 is 4.90 Å². The highest BCUT2D eigenvalue weighted by molar-refractivity contribution is 5.98. The monoisotopic (exact) mass is 379 g/mol. The van der Waals surface area contributed by atoms with Gasteiger partial charge in [0.15, 0.2) is 5.78 Å². The first-order chi connectivity index (χ1) is 13.5. The third-order valence-electron chi connectivity index (χ3n) is 5.41. The molecular weight excluding hydrogens is 350 g/mol. The molecule has 0 aliphatic carbocycles. The highest BCUT2D eigenvalue weighted by Crippen LogP contribution is 2.16. The fourth-order valence-corrected chi connectivity index (χ4v) is 3.57. The van der Waals surface area contributed by atoms with Crippen molar-refractivity contribution in [1.29, 1.82) is 0 Å². The molecule has 3 aromatic rings. The van der Waals surface area contributed by atoms with Crippen LogP contribution in [0, 0.1) is 0 Å². The van der Waals surface area contributed by atoms with Crippen LogP contribution in [0.25, 0.3) is 11.0 Å². The van der Waals surface area contributed by atoms with E-state index >= 15 is 0 Å². The molecule has 0 amide bonds. The summed E-state index contributed by atoms with van der Waals surface area (Å²) in [6.07, 6.45) is 3.47. The lowest BCUT2D eigenvalue weighted by Gasteiger charge is -2.16. The average Bonchev–Trinajstić information content (AvgIpc) is 2.94. The van der Waals surface area contributed by atoms with E-state index in [1.807, 2.05) is 24.3 Å². The second-order valence-electron chi connectivity index (χ2n) is 7.52. The van der Waals surface area contributed by atoms with Gasteiger partial charge in [0.25, 0.3) is 0 Å². The number of imidazole rings is 1. The van der Waals surface area contributed by atoms with E-state index in [0.29, 0.717) is 12.0 Å². The van der Waals surface area contributed by atoms with Crippen molar-refractivity contribution < 1.29 is 4.79 Å². The Labute approximate surface area is 166 Å². The van der Waals surface area contributed by atoms with E-state index in [4.69, 9.17) is 0 Å². The number of nitrogens with zero attached hydrogens (tertiary/aromatic N) is 3. The molecule has 0 radical (unpaired) electrons. The van der Waals surface area contributed by atoms with Crippen molar-refractivity contribution in [3.63, 3.8) is 0 Å². The number of carbonyl (C=O) groups excluding carboxylic acids is 1. The Morgan fingerprint density at radius 3 is 2.39 bits per heavy atom. The molecular formula is C23H29N3O2. The molecule has 0 N–H and O–H groups in total. The van der Waals surface area contributed by atoms with Gasteiger partial charge in [-0.15, -0.1) is 0 Å². The molecule has 0 saturated carbocycles. The van der Waals surface area contributed by atoms with Crippen molar-refractivity contribution in [3.8, 4) is 0 Å². The average molecular weight is 380 g/mol. The van der Waals surface area contributed by atoms with Crippen molar-refractivity contribution in [2.24, 2.45) is 14.1 Å². The maximum atomic E-state index is 12.5. The number of hydrogen-bond donors (Lipinski definition) is 0. The lowest BCUT2D eigenvalue weighted by Crippen LogP contribution is -2.22. The van der Waals surface area contributed by atoms with Crippen molar-refractivity contribution in [1.82, 2.24) is 14.0 Å². The number of ketones is 1. The number of benzene rings is 2. The van der Waals surface area contributed by atoms with E-state index in [2.05, 4.69) is 36.2 Å². The Bertz CT molecular complexity index is 1000. The summed E-state index contributed by atoms with van der Waals surface area (Å²) in [5.41, 5.74) is 3.63. The first kappa shape index (κ1) is 20.1. The summed E-state index contributed by atoms with van der Waals surface area (Å²) < 4.78 is 3.20. The number of Topliss-reactive ketones (excluding diaryl/α,β-unsaturated/α-hetero) is 1. The molecule has 0 fully saturated rings. The summed E-state index contributed by atoms with van der Waals surface area (Å²) in [6, 6.07) is 16.0. The molecule has 1 heterocycles. The van der Waals surface area contributed by atoms with Crippen LogP contribution in [-0.4, -0.2) is 40.0 Å². The minimum Gasteiger partial charge on any atom is -0.306 e. The van der Waals surface area contributed by atoms with Gasteiger partial charge in [0.2, 0.25) is 0 Å². The van der Waals surface area contributed by atoms with Gasteiger partial charge in [-0.2, -0.15) is 0 Å². The van der Waals surface area contributed by atoms with Gasteiger partial charge in [-0.25, -0.2) is 4.79 Å². The van der Waals surface area contributed by atoms with Crippen molar-refractivity contribution >= 4 is 16.8 Å². The van der Waals surface area contributed by atoms with Gasteiger partial charge in [-0.1, -0.05) is 30.3 Å². The van der Waals surface area contributed by atoms with Gasteiger partial charge in [-0.05, 0) is 56.6 Å². The molecule has 28 heavy (non-hydrogen) atoms. The van der Waals surface area contributed by atoms with Gasteiger partial charge in [0.1, 0.15) is 0 Å². The number of likely N-dealkylation sites (N-methyl/N-ethyl adjacent to an activating group) is 1. The molecule has 2 aromatic carbocycles. The first-order valence-electron chi connectivity index (χ1n) is 9.88. The molecule has 0 atom stereocenters. The van der Waals surface area contributed by atoms with Crippen LogP contribution < -0.4 is 5.69 Å². The van der Waals surface area contributed by atoms with Crippen LogP contribution in [0.2, 0.25) is 0 Å². The van der Waals surface area contributed by atoms with E-state index < -0.39 is 0 Å². The number of aromatic nitrogens is 2. The van der Waals surface area contributed by atoms with E-state index in [1.165, 1.54) is 5.56 Å². The Hall–Kier alpha value is -2.66. The van der Waals surface area contributed by atoms with E-state index in [9.17, 15) is 9.59 Å². The number of hydrogen-bond acceptors (Lipinski definition) is 3. The quantitative estimate of drug-likeness (QED) is 0.423. The summed E-state index contributed by atoms with van der Waals surface area (Å²) in [5, 5.41) is 0. The van der Waals surface area contributed by atoms with Crippen LogP contribution in [0.4, 0.5) is 0 Å². The standard InChI is InChI=1S/C23H29N3O2/c1-24(16-14-18-9-5-4-6-10-18)15-8-7-11-22(27)19-12-13-20-21(17-19)26(3)23(28)25(20)2/h4-6,9-10,12-13,17H,7-8,11,14-16H2,1-3H3. The largest absolute Gasteiger partial charge is 0.328 e. The lowest BCUT2D eigenvalue weighted by molar-refractivity contribution is 0.0978. The van der Waals surface area contributed by atoms with Crippen LogP contribution in [0.15, 0.2) is 53.3 Å². The molecule has 1 aromatic heterocycles. The van der Waals surface area contributed by atoms with Crippen LogP contribution in [-0.2, 0) is 20.5 Å². The number of aryl methyl sites for hydroxylation is 2. The van der Waals surface area contributed by atoms with Crippen LogP contribution in [0.5, 0.6) is 0 Å². The Morgan fingerprint density at radius 1 is 0.929 bits per heavy atom. The highest BCUT2D eigenvalue weighted by Gasteiger charge is 2.12. The van der Waals surface area contributed by atoms with Crippen LogP contribution >= 0.6 is 0 Å². The maximum absolute atomic E-state index is 12.5. The zero-order chi connectivity index (χ0) is 20.1. The molecule has 0 spiro atoms. The predicted molar refractivity (Wildman–Crippen MR) is 114 cm³/mol. The Morgan fingerprint density at radius 2 is 1.64 bits per heavy atom. The third kappa shape index (κ3) is 4.60. The molecule has 0 saturated heterocycles. The number of rotatable bonds is 9. The van der Waals surface area contributed by atoms with Gasteiger partial charge >= 0.3 is 5.69 Å². The second kappa shape index (κ2) is 9.02.